The molecule has 11 heteroatoms. The van der Waals surface area contributed by atoms with Crippen LogP contribution in [0.5, 0.6) is 5.75 Å². The van der Waals surface area contributed by atoms with Crippen LogP contribution in [-0.4, -0.2) is 49.2 Å². The molecule has 2 aromatic carbocycles. The van der Waals surface area contributed by atoms with Gasteiger partial charge in [0.2, 0.25) is 11.8 Å². The molecule has 31 heavy (non-hydrogen) atoms. The summed E-state index contributed by atoms with van der Waals surface area (Å²) in [5, 5.41) is 1.88. The molecule has 2 aromatic rings. The maximum Gasteiger partial charge on any atom is 0.284 e. The van der Waals surface area contributed by atoms with E-state index in [0.29, 0.717) is 11.4 Å². The molecular weight excluding hydrogens is 445 g/mol. The lowest BCUT2D eigenvalue weighted by molar-refractivity contribution is -0.128. The van der Waals surface area contributed by atoms with Gasteiger partial charge in [-0.05, 0) is 55.5 Å². The molecule has 0 bridgehead atoms. The maximum atomic E-state index is 13.1. The summed E-state index contributed by atoms with van der Waals surface area (Å²) in [6.07, 6.45) is -0.151. The first-order valence-electron chi connectivity index (χ1n) is 9.26. The van der Waals surface area contributed by atoms with E-state index in [2.05, 4.69) is 9.71 Å². The quantitative estimate of drug-likeness (QED) is 0.674. The largest absolute Gasteiger partial charge is 0.497 e. The Hall–Kier alpha value is -2.92. The van der Waals surface area contributed by atoms with Crippen LogP contribution in [-0.2, 0) is 19.6 Å². The Balaban J connectivity index is 1.73. The lowest BCUT2D eigenvalue weighted by Gasteiger charge is -2.13. The molecule has 1 heterocycles. The highest BCUT2D eigenvalue weighted by atomic mass is 32.2. The monoisotopic (exact) mass is 465 g/mol. The Labute approximate surface area is 183 Å². The molecule has 0 spiro atoms. The number of amidine groups is 1. The van der Waals surface area contributed by atoms with Crippen LogP contribution < -0.4 is 10.1 Å². The average molecular weight is 466 g/mol. The summed E-state index contributed by atoms with van der Waals surface area (Å²) < 4.78 is 47.0. The van der Waals surface area contributed by atoms with E-state index in [9.17, 15) is 22.4 Å². The lowest BCUT2D eigenvalue weighted by Crippen LogP contribution is -2.33. The van der Waals surface area contributed by atoms with Crippen molar-refractivity contribution in [3.63, 3.8) is 0 Å². The summed E-state index contributed by atoms with van der Waals surface area (Å²) >= 11 is 0.913. The van der Waals surface area contributed by atoms with E-state index in [0.717, 1.165) is 36.0 Å². The van der Waals surface area contributed by atoms with E-state index in [1.807, 2.05) is 0 Å². The first-order valence-corrected chi connectivity index (χ1v) is 11.6. The van der Waals surface area contributed by atoms with Crippen LogP contribution in [0.1, 0.15) is 13.3 Å². The minimum Gasteiger partial charge on any atom is -0.497 e. The van der Waals surface area contributed by atoms with Crippen molar-refractivity contribution in [2.24, 2.45) is 4.40 Å². The third kappa shape index (κ3) is 5.42. The van der Waals surface area contributed by atoms with Crippen molar-refractivity contribution in [2.75, 3.05) is 19.0 Å². The number of nitrogens with one attached hydrogen (secondary N) is 1. The topological polar surface area (TPSA) is 105 Å². The fourth-order valence-electron chi connectivity index (χ4n) is 2.82. The SMILES string of the molecule is CCN1C(=O)[C@@H](CC(=O)Nc2ccc(OC)cc2)SC1=NS(=O)(=O)c1ccc(F)cc1. The molecule has 0 saturated carbocycles. The molecule has 1 fully saturated rings. The van der Waals surface area contributed by atoms with Crippen molar-refractivity contribution >= 4 is 44.5 Å². The molecule has 0 aromatic heterocycles. The van der Waals surface area contributed by atoms with E-state index in [1.165, 1.54) is 12.0 Å². The van der Waals surface area contributed by atoms with Gasteiger partial charge in [0, 0.05) is 18.7 Å². The summed E-state index contributed by atoms with van der Waals surface area (Å²) in [4.78, 5) is 26.1. The third-order valence-electron chi connectivity index (χ3n) is 4.39. The number of methoxy groups -OCH3 is 1. The number of benzene rings is 2. The Bertz CT molecular complexity index is 1100. The van der Waals surface area contributed by atoms with Gasteiger partial charge in [-0.1, -0.05) is 11.8 Å². The number of anilines is 1. The van der Waals surface area contributed by atoms with Crippen molar-refractivity contribution in [3.05, 3.63) is 54.3 Å². The van der Waals surface area contributed by atoms with Gasteiger partial charge in [0.1, 0.15) is 16.8 Å². The van der Waals surface area contributed by atoms with Crippen molar-refractivity contribution in [3.8, 4) is 5.75 Å². The molecule has 0 aliphatic carbocycles. The zero-order chi connectivity index (χ0) is 22.6. The summed E-state index contributed by atoms with van der Waals surface area (Å²) in [5.74, 6) is -0.725. The zero-order valence-corrected chi connectivity index (χ0v) is 18.4. The highest BCUT2D eigenvalue weighted by Gasteiger charge is 2.39. The normalized spacial score (nSPS) is 17.8. The van der Waals surface area contributed by atoms with E-state index in [-0.39, 0.29) is 23.0 Å². The molecule has 1 N–H and O–H groups in total. The fourth-order valence-corrected chi connectivity index (χ4v) is 5.24. The number of ether oxygens (including phenoxy) is 1. The van der Waals surface area contributed by atoms with Crippen LogP contribution in [0.15, 0.2) is 57.8 Å². The summed E-state index contributed by atoms with van der Waals surface area (Å²) in [6.45, 7) is 1.87. The van der Waals surface area contributed by atoms with Crippen molar-refractivity contribution in [2.45, 2.75) is 23.5 Å². The number of sulfonamides is 1. The molecular formula is C20H20FN3O5S2. The van der Waals surface area contributed by atoms with Crippen molar-refractivity contribution < 1.29 is 27.1 Å². The van der Waals surface area contributed by atoms with Crippen LogP contribution in [0.4, 0.5) is 10.1 Å². The fraction of sp³-hybridized carbons (Fsp3) is 0.250. The number of carbonyl (C=O) groups excluding carboxylic acids is 2. The van der Waals surface area contributed by atoms with Crippen LogP contribution in [0.25, 0.3) is 0 Å². The Morgan fingerprint density at radius 3 is 2.42 bits per heavy atom. The van der Waals surface area contributed by atoms with Gasteiger partial charge in [-0.2, -0.15) is 8.42 Å². The summed E-state index contributed by atoms with van der Waals surface area (Å²) in [5.41, 5.74) is 0.543. The van der Waals surface area contributed by atoms with Gasteiger partial charge in [0.25, 0.3) is 10.0 Å². The number of amides is 2. The van der Waals surface area contributed by atoms with Gasteiger partial charge in [-0.25, -0.2) is 4.39 Å². The Kier molecular flexibility index (Phi) is 6.96. The molecule has 0 unspecified atom stereocenters. The van der Waals surface area contributed by atoms with Gasteiger partial charge in [0.05, 0.1) is 12.0 Å². The average Bonchev–Trinajstić information content (AvgIpc) is 3.02. The van der Waals surface area contributed by atoms with Crippen LogP contribution in [0.3, 0.4) is 0 Å². The van der Waals surface area contributed by atoms with E-state index in [4.69, 9.17) is 4.74 Å². The highest BCUT2D eigenvalue weighted by Crippen LogP contribution is 2.31. The first kappa shape index (κ1) is 22.8. The molecule has 1 aliphatic rings. The highest BCUT2D eigenvalue weighted by molar-refractivity contribution is 8.16. The van der Waals surface area contributed by atoms with Gasteiger partial charge in [0.15, 0.2) is 5.17 Å². The van der Waals surface area contributed by atoms with E-state index in [1.54, 1.807) is 31.2 Å². The number of rotatable bonds is 7. The van der Waals surface area contributed by atoms with E-state index < -0.39 is 32.9 Å². The molecule has 1 saturated heterocycles. The van der Waals surface area contributed by atoms with Crippen molar-refractivity contribution in [1.82, 2.24) is 4.90 Å². The van der Waals surface area contributed by atoms with Crippen LogP contribution in [0, 0.1) is 5.82 Å². The second kappa shape index (κ2) is 9.48. The molecule has 0 radical (unpaired) electrons. The van der Waals surface area contributed by atoms with Crippen LogP contribution >= 0.6 is 11.8 Å². The van der Waals surface area contributed by atoms with Gasteiger partial charge in [-0.3, -0.25) is 14.5 Å². The smallest absolute Gasteiger partial charge is 0.284 e. The molecule has 1 aliphatic heterocycles. The number of thioether (sulfide) groups is 1. The minimum absolute atomic E-state index is 0.0147. The van der Waals surface area contributed by atoms with Crippen LogP contribution in [0.2, 0.25) is 0 Å². The summed E-state index contributed by atoms with van der Waals surface area (Å²) in [6, 6.07) is 11.0. The zero-order valence-electron chi connectivity index (χ0n) is 16.7. The lowest BCUT2D eigenvalue weighted by atomic mass is 10.2. The second-order valence-electron chi connectivity index (χ2n) is 6.47. The van der Waals surface area contributed by atoms with Gasteiger partial charge < -0.3 is 10.1 Å². The molecule has 164 valence electrons. The first-order chi connectivity index (χ1) is 14.7. The number of carbonyl (C=O) groups is 2. The molecule has 1 atom stereocenters. The van der Waals surface area contributed by atoms with Gasteiger partial charge >= 0.3 is 0 Å². The second-order valence-corrected chi connectivity index (χ2v) is 9.25. The minimum atomic E-state index is -4.14. The maximum absolute atomic E-state index is 13.1. The van der Waals surface area contributed by atoms with Crippen molar-refractivity contribution in [1.29, 1.82) is 0 Å². The number of halogens is 1. The third-order valence-corrected chi connectivity index (χ3v) is 6.96. The van der Waals surface area contributed by atoms with Gasteiger partial charge in [-0.15, -0.1) is 4.40 Å². The molecule has 8 nitrogen and oxygen atoms in total. The number of hydrogen-bond acceptors (Lipinski definition) is 6. The van der Waals surface area contributed by atoms with E-state index >= 15 is 0 Å². The molecule has 2 amide bonds. The Morgan fingerprint density at radius 1 is 1.19 bits per heavy atom. The summed E-state index contributed by atoms with van der Waals surface area (Å²) in [7, 11) is -2.61. The number of nitrogens with zero attached hydrogens (tertiary/aromatic N) is 2. The Morgan fingerprint density at radius 2 is 1.84 bits per heavy atom. The predicted molar refractivity (Wildman–Crippen MR) is 116 cm³/mol. The predicted octanol–water partition coefficient (Wildman–Crippen LogP) is 2.87. The molecule has 3 rings (SSSR count). The standard InChI is InChI=1S/C20H20FN3O5S2/c1-3-24-19(26)17(12-18(25)22-14-6-8-15(29-2)9-7-14)30-20(24)23-31(27,28)16-10-4-13(21)5-11-16/h4-11,17H,3,12H2,1-2H3,(H,22,25)/t17-/m1/s1. The number of hydrogen-bond donors (Lipinski definition) is 1.